The number of amides is 2. The fourth-order valence-electron chi connectivity index (χ4n) is 4.61. The number of carbonyl (C=O) groups excluding carboxylic acids is 2. The van der Waals surface area contributed by atoms with Crippen molar-refractivity contribution < 1.29 is 32.6 Å². The summed E-state index contributed by atoms with van der Waals surface area (Å²) in [5, 5.41) is 6.38. The Morgan fingerprint density at radius 2 is 1.73 bits per heavy atom. The molecule has 1 saturated heterocycles. The zero-order chi connectivity index (χ0) is 26.5. The van der Waals surface area contributed by atoms with Crippen LogP contribution in [-0.2, 0) is 30.2 Å². The van der Waals surface area contributed by atoms with Gasteiger partial charge in [-0.15, -0.1) is 0 Å². The highest BCUT2D eigenvalue weighted by atomic mass is 19.1. The van der Waals surface area contributed by atoms with E-state index in [-0.39, 0.29) is 29.5 Å². The summed E-state index contributed by atoms with van der Waals surface area (Å²) in [7, 11) is 2.00. The summed E-state index contributed by atoms with van der Waals surface area (Å²) in [5.41, 5.74) is 1.34. The lowest BCUT2D eigenvalue weighted by atomic mass is 9.84. The van der Waals surface area contributed by atoms with Gasteiger partial charge in [0.15, 0.2) is 0 Å². The van der Waals surface area contributed by atoms with E-state index in [0.717, 1.165) is 11.9 Å². The van der Waals surface area contributed by atoms with Crippen LogP contribution in [0.2, 0.25) is 0 Å². The van der Waals surface area contributed by atoms with Gasteiger partial charge in [-0.3, -0.25) is 9.59 Å². The van der Waals surface area contributed by atoms with Gasteiger partial charge in [0.05, 0.1) is 51.8 Å². The van der Waals surface area contributed by atoms with Crippen LogP contribution < -0.4 is 10.6 Å². The number of benzene rings is 1. The van der Waals surface area contributed by atoms with Crippen LogP contribution in [0, 0.1) is 17.7 Å². The molecule has 1 fully saturated rings. The largest absolute Gasteiger partial charge is 0.464 e. The molecule has 9 nitrogen and oxygen atoms in total. The van der Waals surface area contributed by atoms with E-state index in [1.165, 1.54) is 12.1 Å². The number of furan rings is 1. The Bertz CT molecular complexity index is 1010. The molecule has 0 radical (unpaired) electrons. The molecule has 1 aliphatic rings. The number of piperidine rings is 1. The van der Waals surface area contributed by atoms with Crippen LogP contribution in [0.3, 0.4) is 0 Å². The first-order chi connectivity index (χ1) is 18.0. The van der Waals surface area contributed by atoms with E-state index in [1.807, 2.05) is 7.05 Å². The summed E-state index contributed by atoms with van der Waals surface area (Å²) >= 11 is 0. The van der Waals surface area contributed by atoms with Crippen molar-refractivity contribution in [2.24, 2.45) is 11.8 Å². The minimum Gasteiger partial charge on any atom is -0.464 e. The van der Waals surface area contributed by atoms with Crippen LogP contribution >= 0.6 is 0 Å². The van der Waals surface area contributed by atoms with E-state index in [1.54, 1.807) is 18.4 Å². The van der Waals surface area contributed by atoms with Gasteiger partial charge >= 0.3 is 0 Å². The first-order valence-corrected chi connectivity index (χ1v) is 12.7. The molecule has 2 heterocycles. The SMILES string of the molecule is C=CC(=O)NCCOCCOCCOCCNC(=O)[C@H]1C[C@H](Cc2c(F)ccc3occc23)CN(C)C1. The Morgan fingerprint density at radius 3 is 2.43 bits per heavy atom. The second-order valence-electron chi connectivity index (χ2n) is 9.21. The van der Waals surface area contributed by atoms with Crippen molar-refractivity contribution in [2.75, 3.05) is 72.9 Å². The van der Waals surface area contributed by atoms with Gasteiger partial charge in [-0.2, -0.15) is 0 Å². The number of halogens is 1. The Labute approximate surface area is 217 Å². The lowest BCUT2D eigenvalue weighted by Gasteiger charge is -2.35. The molecule has 1 aromatic carbocycles. The van der Waals surface area contributed by atoms with Crippen molar-refractivity contribution >= 4 is 22.8 Å². The molecule has 2 N–H and O–H groups in total. The highest BCUT2D eigenvalue weighted by Crippen LogP contribution is 2.30. The van der Waals surface area contributed by atoms with Crippen molar-refractivity contribution in [1.29, 1.82) is 0 Å². The highest BCUT2D eigenvalue weighted by Gasteiger charge is 2.31. The topological polar surface area (TPSA) is 102 Å². The molecule has 10 heteroatoms. The molecule has 0 unspecified atom stereocenters. The Morgan fingerprint density at radius 1 is 1.05 bits per heavy atom. The van der Waals surface area contributed by atoms with Crippen LogP contribution in [-0.4, -0.2) is 89.6 Å². The minimum atomic E-state index is -0.231. The number of rotatable bonds is 16. The van der Waals surface area contributed by atoms with Crippen molar-refractivity contribution in [1.82, 2.24) is 15.5 Å². The van der Waals surface area contributed by atoms with E-state index in [9.17, 15) is 14.0 Å². The molecular weight excluding hydrogens is 481 g/mol. The fourth-order valence-corrected chi connectivity index (χ4v) is 4.61. The molecular formula is C27H38FN3O6. The van der Waals surface area contributed by atoms with Gasteiger partial charge in [-0.25, -0.2) is 4.39 Å². The zero-order valence-electron chi connectivity index (χ0n) is 21.5. The van der Waals surface area contributed by atoms with Crippen LogP contribution in [0.25, 0.3) is 11.0 Å². The highest BCUT2D eigenvalue weighted by molar-refractivity contribution is 5.86. The van der Waals surface area contributed by atoms with Gasteiger partial charge < -0.3 is 34.2 Å². The average Bonchev–Trinajstić information content (AvgIpc) is 3.37. The summed E-state index contributed by atoms with van der Waals surface area (Å²) in [4.78, 5) is 25.9. The monoisotopic (exact) mass is 519 g/mol. The number of likely N-dealkylation sites (tertiary alicyclic amines) is 1. The molecule has 0 spiro atoms. The molecule has 204 valence electrons. The maximum Gasteiger partial charge on any atom is 0.243 e. The summed E-state index contributed by atoms with van der Waals surface area (Å²) in [6.07, 6.45) is 4.07. The molecule has 0 bridgehead atoms. The van der Waals surface area contributed by atoms with Crippen molar-refractivity contribution in [3.8, 4) is 0 Å². The Balaban J connectivity index is 1.26. The third kappa shape index (κ3) is 9.55. The van der Waals surface area contributed by atoms with Gasteiger partial charge in [-0.1, -0.05) is 6.58 Å². The predicted molar refractivity (Wildman–Crippen MR) is 138 cm³/mol. The second kappa shape index (κ2) is 15.5. The molecule has 0 aliphatic carbocycles. The van der Waals surface area contributed by atoms with Gasteiger partial charge in [0.2, 0.25) is 11.8 Å². The van der Waals surface area contributed by atoms with Crippen LogP contribution in [0.15, 0.2) is 41.5 Å². The maximum absolute atomic E-state index is 14.6. The molecule has 1 aliphatic heterocycles. The minimum absolute atomic E-state index is 0.000166. The lowest BCUT2D eigenvalue weighted by molar-refractivity contribution is -0.127. The Kier molecular flexibility index (Phi) is 12.0. The molecule has 2 aromatic rings. The number of fused-ring (bicyclic) bond motifs is 1. The third-order valence-electron chi connectivity index (χ3n) is 6.29. The fraction of sp³-hybridized carbons (Fsp3) is 0.556. The first kappa shape index (κ1) is 28.8. The quantitative estimate of drug-likeness (QED) is 0.259. The van der Waals surface area contributed by atoms with Crippen molar-refractivity contribution in [3.05, 3.63) is 48.5 Å². The molecule has 2 amide bonds. The normalized spacial score (nSPS) is 18.1. The standard InChI is InChI=1S/C27H38FN3O6/c1-3-26(32)29-7-10-34-12-14-36-15-13-35-11-8-30-27(33)21-16-20(18-31(2)19-21)17-23-22-6-9-37-25(22)5-4-24(23)28/h3-6,9,20-21H,1,7-8,10-19H2,2H3,(H,29,32)(H,30,33)/t20-,21+/m1/s1. The van der Waals surface area contributed by atoms with E-state index < -0.39 is 0 Å². The number of nitrogens with one attached hydrogen (secondary N) is 2. The van der Waals surface area contributed by atoms with Crippen LogP contribution in [0.1, 0.15) is 12.0 Å². The number of carbonyl (C=O) groups is 2. The average molecular weight is 520 g/mol. The molecule has 37 heavy (non-hydrogen) atoms. The number of ether oxygens (including phenoxy) is 3. The van der Waals surface area contributed by atoms with E-state index in [2.05, 4.69) is 22.1 Å². The van der Waals surface area contributed by atoms with E-state index in [4.69, 9.17) is 18.6 Å². The van der Waals surface area contributed by atoms with Crippen LogP contribution in [0.5, 0.6) is 0 Å². The van der Waals surface area contributed by atoms with Gasteiger partial charge in [0.1, 0.15) is 11.4 Å². The van der Waals surface area contributed by atoms with Crippen molar-refractivity contribution in [3.63, 3.8) is 0 Å². The van der Waals surface area contributed by atoms with Gasteiger partial charge in [0.25, 0.3) is 0 Å². The van der Waals surface area contributed by atoms with Crippen LogP contribution in [0.4, 0.5) is 4.39 Å². The summed E-state index contributed by atoms with van der Waals surface area (Å²) in [6, 6.07) is 4.90. The molecule has 0 saturated carbocycles. The summed E-state index contributed by atoms with van der Waals surface area (Å²) < 4.78 is 36.3. The number of nitrogens with zero attached hydrogens (tertiary/aromatic N) is 1. The van der Waals surface area contributed by atoms with Crippen molar-refractivity contribution in [2.45, 2.75) is 12.8 Å². The zero-order valence-corrected chi connectivity index (χ0v) is 21.5. The Hall–Kier alpha value is -2.79. The smallest absolute Gasteiger partial charge is 0.243 e. The van der Waals surface area contributed by atoms with E-state index >= 15 is 0 Å². The summed E-state index contributed by atoms with van der Waals surface area (Å²) in [6.45, 7) is 8.25. The van der Waals surface area contributed by atoms with E-state index in [0.29, 0.717) is 83.3 Å². The molecule has 1 aromatic heterocycles. The lowest BCUT2D eigenvalue weighted by Crippen LogP contribution is -2.46. The number of hydrogen-bond donors (Lipinski definition) is 2. The summed E-state index contributed by atoms with van der Waals surface area (Å²) in [5.74, 6) is -0.429. The van der Waals surface area contributed by atoms with Gasteiger partial charge in [0, 0.05) is 31.6 Å². The third-order valence-corrected chi connectivity index (χ3v) is 6.29. The predicted octanol–water partition coefficient (Wildman–Crippen LogP) is 2.15. The van der Waals surface area contributed by atoms with Gasteiger partial charge in [-0.05, 0) is 55.6 Å². The molecule has 2 atom stereocenters. The second-order valence-corrected chi connectivity index (χ2v) is 9.21. The first-order valence-electron chi connectivity index (χ1n) is 12.7. The molecule has 3 rings (SSSR count). The maximum atomic E-state index is 14.6. The number of hydrogen-bond acceptors (Lipinski definition) is 7.